The van der Waals surface area contributed by atoms with Gasteiger partial charge in [0.1, 0.15) is 12.0 Å². The number of rotatable bonds is 8. The molecule has 1 aromatic rings. The number of carbonyl (C=O) groups excluding carboxylic acids is 1. The quantitative estimate of drug-likeness (QED) is 0.380. The molecule has 0 bridgehead atoms. The van der Waals surface area contributed by atoms with E-state index in [2.05, 4.69) is 18.7 Å². The molecular formula is C19H22O2S. The maximum absolute atomic E-state index is 10.6. The zero-order valence-corrected chi connectivity index (χ0v) is 14.2. The first kappa shape index (κ1) is 18.1. The number of methoxy groups -OCH3 is 1. The zero-order valence-electron chi connectivity index (χ0n) is 13.3. The Kier molecular flexibility index (Phi) is 8.08. The minimum Gasteiger partial charge on any atom is -0.497 e. The van der Waals surface area contributed by atoms with Gasteiger partial charge in [0.15, 0.2) is 0 Å². The van der Waals surface area contributed by atoms with E-state index < -0.39 is 0 Å². The standard InChI is InChI=1S/C19H22O2S/c1-5-6-19(16(3)8-7-15(2)13-20)22-14-17-9-11-18(21-4)12-10-17/h5-13H,1,14H2,2-4H3/b15-7+,16-8+,19-6-. The predicted molar refractivity (Wildman–Crippen MR) is 96.1 cm³/mol. The first-order chi connectivity index (χ1) is 10.6. The van der Waals surface area contributed by atoms with Crippen LogP contribution >= 0.6 is 11.8 Å². The van der Waals surface area contributed by atoms with Gasteiger partial charge in [0, 0.05) is 10.7 Å². The van der Waals surface area contributed by atoms with Crippen molar-refractivity contribution < 1.29 is 9.53 Å². The van der Waals surface area contributed by atoms with E-state index in [1.54, 1.807) is 31.9 Å². The van der Waals surface area contributed by atoms with Crippen LogP contribution in [0.25, 0.3) is 0 Å². The van der Waals surface area contributed by atoms with Crippen LogP contribution in [0.5, 0.6) is 5.75 Å². The Balaban J connectivity index is 2.77. The van der Waals surface area contributed by atoms with Gasteiger partial charge in [-0.1, -0.05) is 36.9 Å². The lowest BCUT2D eigenvalue weighted by Gasteiger charge is -2.08. The molecule has 0 heterocycles. The van der Waals surface area contributed by atoms with E-state index in [9.17, 15) is 4.79 Å². The van der Waals surface area contributed by atoms with Crippen molar-refractivity contribution >= 4 is 18.0 Å². The molecule has 0 saturated carbocycles. The highest BCUT2D eigenvalue weighted by Gasteiger charge is 2.02. The van der Waals surface area contributed by atoms with Crippen LogP contribution in [0, 0.1) is 0 Å². The summed E-state index contributed by atoms with van der Waals surface area (Å²) in [6, 6.07) is 8.05. The molecule has 22 heavy (non-hydrogen) atoms. The molecule has 116 valence electrons. The Morgan fingerprint density at radius 3 is 2.41 bits per heavy atom. The summed E-state index contributed by atoms with van der Waals surface area (Å²) in [5, 5.41) is 0. The van der Waals surface area contributed by atoms with Crippen molar-refractivity contribution in [3.05, 3.63) is 76.8 Å². The molecule has 0 fully saturated rings. The lowest BCUT2D eigenvalue weighted by atomic mass is 10.2. The molecule has 0 unspecified atom stereocenters. The third kappa shape index (κ3) is 6.19. The lowest BCUT2D eigenvalue weighted by molar-refractivity contribution is -0.104. The molecule has 0 saturated heterocycles. The molecule has 0 amide bonds. The van der Waals surface area contributed by atoms with E-state index in [0.717, 1.165) is 28.3 Å². The molecule has 0 radical (unpaired) electrons. The minimum atomic E-state index is 0.706. The Hall–Kier alpha value is -2.00. The van der Waals surface area contributed by atoms with E-state index in [0.29, 0.717) is 5.57 Å². The topological polar surface area (TPSA) is 26.3 Å². The van der Waals surface area contributed by atoms with Crippen LogP contribution in [0.3, 0.4) is 0 Å². The van der Waals surface area contributed by atoms with Crippen LogP contribution in [-0.4, -0.2) is 13.4 Å². The van der Waals surface area contributed by atoms with Crippen LogP contribution in [0.4, 0.5) is 0 Å². The van der Waals surface area contributed by atoms with Crippen LogP contribution in [0.1, 0.15) is 19.4 Å². The average molecular weight is 314 g/mol. The summed E-state index contributed by atoms with van der Waals surface area (Å²) in [4.78, 5) is 11.8. The van der Waals surface area contributed by atoms with Crippen LogP contribution < -0.4 is 4.74 Å². The molecule has 0 spiro atoms. The summed E-state index contributed by atoms with van der Waals surface area (Å²) >= 11 is 1.74. The number of hydrogen-bond acceptors (Lipinski definition) is 3. The van der Waals surface area contributed by atoms with Crippen LogP contribution in [0.2, 0.25) is 0 Å². The summed E-state index contributed by atoms with van der Waals surface area (Å²) in [7, 11) is 1.66. The number of carbonyl (C=O) groups is 1. The van der Waals surface area contributed by atoms with Crippen molar-refractivity contribution in [2.75, 3.05) is 7.11 Å². The molecule has 0 aliphatic rings. The van der Waals surface area contributed by atoms with Gasteiger partial charge in [-0.15, -0.1) is 11.8 Å². The van der Waals surface area contributed by atoms with Crippen molar-refractivity contribution in [2.45, 2.75) is 19.6 Å². The number of thioether (sulfide) groups is 1. The van der Waals surface area contributed by atoms with Gasteiger partial charge in [0.05, 0.1) is 7.11 Å². The fourth-order valence-corrected chi connectivity index (χ4v) is 2.66. The van der Waals surface area contributed by atoms with E-state index in [-0.39, 0.29) is 0 Å². The van der Waals surface area contributed by atoms with Gasteiger partial charge in [0.2, 0.25) is 0 Å². The second kappa shape index (κ2) is 9.85. The molecule has 0 aliphatic carbocycles. The smallest absolute Gasteiger partial charge is 0.145 e. The van der Waals surface area contributed by atoms with Gasteiger partial charge in [0.25, 0.3) is 0 Å². The van der Waals surface area contributed by atoms with Crippen molar-refractivity contribution in [2.24, 2.45) is 0 Å². The first-order valence-electron chi connectivity index (χ1n) is 7.00. The van der Waals surface area contributed by atoms with Gasteiger partial charge >= 0.3 is 0 Å². The zero-order chi connectivity index (χ0) is 16.4. The minimum absolute atomic E-state index is 0.706. The Labute approximate surface area is 137 Å². The summed E-state index contributed by atoms with van der Waals surface area (Å²) in [5.41, 5.74) is 3.05. The molecule has 0 N–H and O–H groups in total. The highest BCUT2D eigenvalue weighted by molar-refractivity contribution is 8.02. The SMILES string of the molecule is C=C/C=C(SCc1ccc(OC)cc1)/C(C)=C/C=C(\C)C=O. The van der Waals surface area contributed by atoms with Crippen LogP contribution in [-0.2, 0) is 10.5 Å². The summed E-state index contributed by atoms with van der Waals surface area (Å²) in [6.45, 7) is 7.59. The number of aldehydes is 1. The summed E-state index contributed by atoms with van der Waals surface area (Å²) in [6.07, 6.45) is 8.41. The Bertz CT molecular complexity index is 592. The summed E-state index contributed by atoms with van der Waals surface area (Å²) < 4.78 is 5.16. The van der Waals surface area contributed by atoms with E-state index >= 15 is 0 Å². The van der Waals surface area contributed by atoms with E-state index in [4.69, 9.17) is 4.74 Å². The predicted octanol–water partition coefficient (Wildman–Crippen LogP) is 5.09. The first-order valence-corrected chi connectivity index (χ1v) is 7.98. The van der Waals surface area contributed by atoms with Gasteiger partial charge < -0.3 is 4.74 Å². The largest absolute Gasteiger partial charge is 0.497 e. The molecule has 3 heteroatoms. The molecule has 0 aromatic heterocycles. The fraction of sp³-hybridized carbons (Fsp3) is 0.211. The number of benzene rings is 1. The molecule has 0 aliphatic heterocycles. The second-order valence-corrected chi connectivity index (χ2v) is 5.80. The lowest BCUT2D eigenvalue weighted by Crippen LogP contribution is -1.86. The molecule has 1 aromatic carbocycles. The highest BCUT2D eigenvalue weighted by Crippen LogP contribution is 2.28. The van der Waals surface area contributed by atoms with Crippen molar-refractivity contribution in [1.82, 2.24) is 0 Å². The molecule has 2 nitrogen and oxygen atoms in total. The van der Waals surface area contributed by atoms with Crippen molar-refractivity contribution in [1.29, 1.82) is 0 Å². The maximum atomic E-state index is 10.6. The second-order valence-electron chi connectivity index (χ2n) is 4.78. The number of allylic oxidation sites excluding steroid dienone is 6. The molecular weight excluding hydrogens is 292 g/mol. The monoisotopic (exact) mass is 314 g/mol. The fourth-order valence-electron chi connectivity index (χ4n) is 1.66. The van der Waals surface area contributed by atoms with E-state index in [1.807, 2.05) is 37.3 Å². The van der Waals surface area contributed by atoms with Gasteiger partial charge in [-0.3, -0.25) is 4.79 Å². The normalized spacial score (nSPS) is 13.0. The van der Waals surface area contributed by atoms with Crippen molar-refractivity contribution in [3.63, 3.8) is 0 Å². The van der Waals surface area contributed by atoms with Gasteiger partial charge in [-0.25, -0.2) is 0 Å². The van der Waals surface area contributed by atoms with Gasteiger partial charge in [-0.2, -0.15) is 0 Å². The van der Waals surface area contributed by atoms with E-state index in [1.165, 1.54) is 5.56 Å². The molecule has 1 rings (SSSR count). The average Bonchev–Trinajstić information content (AvgIpc) is 2.56. The number of ether oxygens (including phenoxy) is 1. The van der Waals surface area contributed by atoms with Gasteiger partial charge in [-0.05, 0) is 48.8 Å². The van der Waals surface area contributed by atoms with Crippen molar-refractivity contribution in [3.8, 4) is 5.75 Å². The van der Waals surface area contributed by atoms with Crippen LogP contribution in [0.15, 0.2) is 71.2 Å². The summed E-state index contributed by atoms with van der Waals surface area (Å²) in [5.74, 6) is 1.73. The Morgan fingerprint density at radius 2 is 1.86 bits per heavy atom. The number of hydrogen-bond donors (Lipinski definition) is 0. The third-order valence-electron chi connectivity index (χ3n) is 2.99. The maximum Gasteiger partial charge on any atom is 0.145 e. The molecule has 0 atom stereocenters. The highest BCUT2D eigenvalue weighted by atomic mass is 32.2. The third-order valence-corrected chi connectivity index (χ3v) is 4.24. The Morgan fingerprint density at radius 1 is 1.18 bits per heavy atom.